The van der Waals surface area contributed by atoms with E-state index in [-0.39, 0.29) is 22.9 Å². The third-order valence-electron chi connectivity index (χ3n) is 3.07. The smallest absolute Gasteiger partial charge is 0.331 e. The van der Waals surface area contributed by atoms with Crippen LogP contribution in [0.4, 0.5) is 0 Å². The van der Waals surface area contributed by atoms with Crippen molar-refractivity contribution in [3.8, 4) is 11.5 Å². The molecule has 23 heavy (non-hydrogen) atoms. The maximum atomic E-state index is 12.3. The molecular formula is C15H20ClNO6. The number of carboxylic acids is 1. The second kappa shape index (κ2) is 8.03. The number of ether oxygens (including phenoxy) is 3. The highest BCUT2D eigenvalue weighted by Crippen LogP contribution is 2.36. The average molecular weight is 346 g/mol. The second-order valence-corrected chi connectivity index (χ2v) is 5.35. The number of amides is 1. The van der Waals surface area contributed by atoms with Crippen LogP contribution < -0.4 is 14.8 Å². The highest BCUT2D eigenvalue weighted by molar-refractivity contribution is 6.32. The van der Waals surface area contributed by atoms with E-state index in [0.717, 1.165) is 0 Å². The van der Waals surface area contributed by atoms with Gasteiger partial charge in [0.05, 0.1) is 25.3 Å². The van der Waals surface area contributed by atoms with Crippen molar-refractivity contribution in [3.63, 3.8) is 0 Å². The summed E-state index contributed by atoms with van der Waals surface area (Å²) in [6, 6.07) is 2.82. The molecule has 0 saturated carbocycles. The van der Waals surface area contributed by atoms with Crippen molar-refractivity contribution in [3.05, 3.63) is 22.7 Å². The molecule has 0 aliphatic carbocycles. The number of carboxylic acid groups (broad SMARTS) is 1. The van der Waals surface area contributed by atoms with Gasteiger partial charge in [-0.3, -0.25) is 4.79 Å². The van der Waals surface area contributed by atoms with E-state index >= 15 is 0 Å². The van der Waals surface area contributed by atoms with Crippen LogP contribution >= 0.6 is 11.6 Å². The summed E-state index contributed by atoms with van der Waals surface area (Å²) >= 11 is 6.11. The van der Waals surface area contributed by atoms with Crippen LogP contribution in [0.3, 0.4) is 0 Å². The molecule has 0 fully saturated rings. The number of benzene rings is 1. The lowest BCUT2D eigenvalue weighted by Crippen LogP contribution is -2.55. The zero-order chi connectivity index (χ0) is 17.6. The molecule has 1 unspecified atom stereocenters. The van der Waals surface area contributed by atoms with Crippen molar-refractivity contribution in [2.75, 3.05) is 27.4 Å². The number of methoxy groups -OCH3 is 2. The third-order valence-corrected chi connectivity index (χ3v) is 3.36. The van der Waals surface area contributed by atoms with Gasteiger partial charge in [-0.2, -0.15) is 0 Å². The minimum Gasteiger partial charge on any atom is -0.493 e. The SMILES string of the molecule is CCOc1c(Cl)cc(C(=O)NC(C)(COC)C(=O)O)cc1OC. The first kappa shape index (κ1) is 19.1. The zero-order valence-electron chi connectivity index (χ0n) is 13.4. The monoisotopic (exact) mass is 345 g/mol. The van der Waals surface area contributed by atoms with Gasteiger partial charge in [-0.15, -0.1) is 0 Å². The molecule has 1 aromatic rings. The molecule has 1 atom stereocenters. The Morgan fingerprint density at radius 1 is 1.35 bits per heavy atom. The van der Waals surface area contributed by atoms with E-state index in [9.17, 15) is 14.7 Å². The van der Waals surface area contributed by atoms with E-state index in [0.29, 0.717) is 12.4 Å². The van der Waals surface area contributed by atoms with Crippen LogP contribution in [-0.4, -0.2) is 50.0 Å². The molecule has 0 aliphatic heterocycles. The highest BCUT2D eigenvalue weighted by atomic mass is 35.5. The predicted octanol–water partition coefficient (Wildman–Crippen LogP) is 1.97. The van der Waals surface area contributed by atoms with Gasteiger partial charge in [-0.25, -0.2) is 4.79 Å². The Labute approximate surface area is 139 Å². The molecule has 8 heteroatoms. The zero-order valence-corrected chi connectivity index (χ0v) is 14.2. The summed E-state index contributed by atoms with van der Waals surface area (Å²) in [4.78, 5) is 23.7. The van der Waals surface area contributed by atoms with E-state index in [2.05, 4.69) is 5.32 Å². The van der Waals surface area contributed by atoms with Gasteiger partial charge in [0.25, 0.3) is 5.91 Å². The van der Waals surface area contributed by atoms with Gasteiger partial charge in [-0.1, -0.05) is 11.6 Å². The number of hydrogen-bond donors (Lipinski definition) is 2. The number of halogens is 1. The molecule has 0 aromatic heterocycles. The molecule has 1 amide bonds. The van der Waals surface area contributed by atoms with Crippen molar-refractivity contribution >= 4 is 23.5 Å². The molecule has 1 aromatic carbocycles. The number of carbonyl (C=O) groups is 2. The molecule has 0 bridgehead atoms. The fraction of sp³-hybridized carbons (Fsp3) is 0.467. The van der Waals surface area contributed by atoms with Gasteiger partial charge in [-0.05, 0) is 26.0 Å². The van der Waals surface area contributed by atoms with E-state index in [1.165, 1.54) is 33.3 Å². The molecule has 128 valence electrons. The number of hydrogen-bond acceptors (Lipinski definition) is 5. The summed E-state index contributed by atoms with van der Waals surface area (Å²) < 4.78 is 15.4. The third kappa shape index (κ3) is 4.49. The van der Waals surface area contributed by atoms with Crippen LogP contribution in [0.15, 0.2) is 12.1 Å². The quantitative estimate of drug-likeness (QED) is 0.748. The van der Waals surface area contributed by atoms with Gasteiger partial charge in [0.2, 0.25) is 0 Å². The minimum atomic E-state index is -1.57. The van der Waals surface area contributed by atoms with Crippen LogP contribution in [-0.2, 0) is 9.53 Å². The molecule has 1 rings (SSSR count). The number of aliphatic carboxylic acids is 1. The molecule has 0 spiro atoms. The van der Waals surface area contributed by atoms with Crippen molar-refractivity contribution in [2.24, 2.45) is 0 Å². The summed E-state index contributed by atoms with van der Waals surface area (Å²) in [5.74, 6) is -1.22. The van der Waals surface area contributed by atoms with Gasteiger partial charge >= 0.3 is 5.97 Å². The fourth-order valence-corrected chi connectivity index (χ4v) is 2.16. The largest absolute Gasteiger partial charge is 0.493 e. The molecule has 7 nitrogen and oxygen atoms in total. The molecule has 2 N–H and O–H groups in total. The lowest BCUT2D eigenvalue weighted by atomic mass is 10.0. The summed E-state index contributed by atoms with van der Waals surface area (Å²) in [6.45, 7) is 3.34. The van der Waals surface area contributed by atoms with Crippen molar-refractivity contribution in [2.45, 2.75) is 19.4 Å². The highest BCUT2D eigenvalue weighted by Gasteiger charge is 2.35. The van der Waals surface area contributed by atoms with E-state index in [4.69, 9.17) is 25.8 Å². The van der Waals surface area contributed by atoms with Crippen LogP contribution in [0.25, 0.3) is 0 Å². The number of rotatable bonds is 8. The van der Waals surface area contributed by atoms with Gasteiger partial charge in [0, 0.05) is 12.7 Å². The lowest BCUT2D eigenvalue weighted by Gasteiger charge is -2.25. The van der Waals surface area contributed by atoms with Gasteiger partial charge in [0.15, 0.2) is 17.0 Å². The predicted molar refractivity (Wildman–Crippen MR) is 84.6 cm³/mol. The van der Waals surface area contributed by atoms with Crippen LogP contribution in [0.5, 0.6) is 11.5 Å². The number of carbonyl (C=O) groups excluding carboxylic acids is 1. The molecule has 0 radical (unpaired) electrons. The summed E-state index contributed by atoms with van der Waals surface area (Å²) in [5.41, 5.74) is -1.41. The normalized spacial score (nSPS) is 13.1. The average Bonchev–Trinajstić information content (AvgIpc) is 2.49. The Morgan fingerprint density at radius 3 is 2.48 bits per heavy atom. The summed E-state index contributed by atoms with van der Waals surface area (Å²) in [7, 11) is 2.77. The molecule has 0 aliphatic rings. The Morgan fingerprint density at radius 2 is 2.00 bits per heavy atom. The first-order chi connectivity index (χ1) is 10.8. The fourth-order valence-electron chi connectivity index (χ4n) is 1.90. The maximum absolute atomic E-state index is 12.3. The first-order valence-electron chi connectivity index (χ1n) is 6.84. The van der Waals surface area contributed by atoms with Gasteiger partial charge < -0.3 is 24.6 Å². The van der Waals surface area contributed by atoms with Crippen molar-refractivity contribution in [1.82, 2.24) is 5.32 Å². The maximum Gasteiger partial charge on any atom is 0.331 e. The first-order valence-corrected chi connectivity index (χ1v) is 7.22. The van der Waals surface area contributed by atoms with Crippen LogP contribution in [0, 0.1) is 0 Å². The Hall–Kier alpha value is -1.99. The Balaban J connectivity index is 3.13. The van der Waals surface area contributed by atoms with E-state index < -0.39 is 17.4 Å². The summed E-state index contributed by atoms with van der Waals surface area (Å²) in [5, 5.41) is 11.9. The summed E-state index contributed by atoms with van der Waals surface area (Å²) in [6.07, 6.45) is 0. The van der Waals surface area contributed by atoms with Crippen molar-refractivity contribution in [1.29, 1.82) is 0 Å². The van der Waals surface area contributed by atoms with Crippen molar-refractivity contribution < 1.29 is 28.9 Å². The Bertz CT molecular complexity index is 592. The second-order valence-electron chi connectivity index (χ2n) is 4.95. The van der Waals surface area contributed by atoms with Crippen LogP contribution in [0.2, 0.25) is 5.02 Å². The van der Waals surface area contributed by atoms with Gasteiger partial charge in [0.1, 0.15) is 0 Å². The molecular weight excluding hydrogens is 326 g/mol. The molecule has 0 saturated heterocycles. The van der Waals surface area contributed by atoms with E-state index in [1.807, 2.05) is 0 Å². The topological polar surface area (TPSA) is 94.1 Å². The Kier molecular flexibility index (Phi) is 6.65. The molecule has 0 heterocycles. The minimum absolute atomic E-state index is 0.152. The van der Waals surface area contributed by atoms with Crippen LogP contribution in [0.1, 0.15) is 24.2 Å². The lowest BCUT2D eigenvalue weighted by molar-refractivity contribution is -0.145. The number of nitrogens with one attached hydrogen (secondary N) is 1. The van der Waals surface area contributed by atoms with E-state index in [1.54, 1.807) is 6.92 Å². The standard InChI is InChI=1S/C15H20ClNO6/c1-5-23-12-10(16)6-9(7-11(12)22-4)13(18)17-15(2,8-21-3)14(19)20/h6-7H,5,8H2,1-4H3,(H,17,18)(H,19,20).